The van der Waals surface area contributed by atoms with Gasteiger partial charge in [0.2, 0.25) is 0 Å². The maximum absolute atomic E-state index is 11.4. The van der Waals surface area contributed by atoms with Crippen molar-refractivity contribution in [2.24, 2.45) is 69.0 Å². The summed E-state index contributed by atoms with van der Waals surface area (Å²) in [7, 11) is 15.7. The van der Waals surface area contributed by atoms with Gasteiger partial charge in [-0.2, -0.15) is 0 Å². The van der Waals surface area contributed by atoms with Crippen molar-refractivity contribution in [3.8, 4) is 0 Å². The van der Waals surface area contributed by atoms with Crippen molar-refractivity contribution in [3.05, 3.63) is 0 Å². The quantitative estimate of drug-likeness (QED) is 0.0207. The van der Waals surface area contributed by atoms with Crippen LogP contribution in [0.5, 0.6) is 0 Å². The molecule has 8 N–H and O–H groups in total. The zero-order valence-electron chi connectivity index (χ0n) is 81.9. The number of esters is 8. The van der Waals surface area contributed by atoms with Crippen LogP contribution in [-0.4, -0.2) is 294 Å². The summed E-state index contributed by atoms with van der Waals surface area (Å²) < 4.78 is 39.1. The van der Waals surface area contributed by atoms with E-state index in [4.69, 9.17) is 59.8 Å². The average Bonchev–Trinajstić information content (AvgIpc) is 0.910. The van der Waals surface area contributed by atoms with Crippen molar-refractivity contribution in [1.29, 1.82) is 0 Å². The van der Waals surface area contributed by atoms with Gasteiger partial charge in [-0.1, -0.05) is 138 Å². The van der Waals surface area contributed by atoms with Gasteiger partial charge in [0.05, 0.1) is 95.4 Å². The smallest absolute Gasteiger partial charge is 0.311 e. The monoisotopic (exact) mass is 1740 g/mol. The minimum absolute atomic E-state index is 0.0495. The number of carboxylic acid groups (broad SMARTS) is 4. The fraction of sp³-hybridized carbons (Fsp3) is 0.864. The van der Waals surface area contributed by atoms with E-state index in [1.54, 1.807) is 55.4 Å². The molecule has 32 heteroatoms. The Morgan fingerprint density at radius 3 is 0.433 bits per heavy atom. The third-order valence-corrected chi connectivity index (χ3v) is 18.4. The molecule has 0 rings (SSSR count). The molecule has 0 aliphatic heterocycles. The molecule has 0 aliphatic carbocycles. The fourth-order valence-electron chi connectivity index (χ4n) is 5.16. The van der Waals surface area contributed by atoms with Gasteiger partial charge in [0.1, 0.15) is 52.9 Å². The highest BCUT2D eigenvalue weighted by Gasteiger charge is 2.30. The number of aliphatic hydroxyl groups is 4. The first kappa shape index (κ1) is 139. The molecular formula is C88H180N4O28. The number of likely N-dealkylation sites (N-methyl/N-ethyl adjacent to an activating group) is 4. The number of carbonyl (C=O) groups is 12. The first-order valence-corrected chi connectivity index (χ1v) is 42.5. The normalized spacial score (nSPS) is 12.5. The maximum Gasteiger partial charge on any atom is 0.311 e. The molecule has 0 saturated heterocycles. The Balaban J connectivity index is -0.000000107. The van der Waals surface area contributed by atoms with Crippen molar-refractivity contribution < 1.29 is 136 Å². The second-order valence-corrected chi connectivity index (χ2v) is 32.1. The van der Waals surface area contributed by atoms with Gasteiger partial charge in [0.15, 0.2) is 0 Å². The SMILES string of the molecule is CCC(C)(C)C(=O)OCCN(C)C.CCC(C)(C)C(=O)OCCN(C)C.CCC(C)(C)C(=O)OCCN(C)C.CCC(C)(C)C(=O)OCCN(C)C.CCC(C)C(=O)O.CCC(C)C(=O)O.CCC(C)C(=O)O.CCC(C)C(=O)O.CCC(C)C(=O)OCCO.CCC(C)C(=O)OCCO.CCC(C)C(=O)OCCO.CCC(C)C(=O)OCCO. The van der Waals surface area contributed by atoms with Crippen molar-refractivity contribution in [3.63, 3.8) is 0 Å². The van der Waals surface area contributed by atoms with Crippen molar-refractivity contribution in [1.82, 2.24) is 19.6 Å². The van der Waals surface area contributed by atoms with Crippen LogP contribution in [0.4, 0.5) is 0 Å². The van der Waals surface area contributed by atoms with Crippen LogP contribution < -0.4 is 0 Å². The second kappa shape index (κ2) is 88.6. The molecule has 720 valence electrons. The van der Waals surface area contributed by atoms with Gasteiger partial charge in [-0.3, -0.25) is 57.5 Å². The minimum Gasteiger partial charge on any atom is -0.481 e. The number of nitrogens with zero attached hydrogens (tertiary/aromatic N) is 4. The van der Waals surface area contributed by atoms with E-state index >= 15 is 0 Å². The van der Waals surface area contributed by atoms with E-state index in [0.717, 1.165) is 103 Å². The number of carbonyl (C=O) groups excluding carboxylic acids is 8. The van der Waals surface area contributed by atoms with E-state index < -0.39 is 23.9 Å². The Hall–Kier alpha value is -6.68. The first-order chi connectivity index (χ1) is 55.2. The van der Waals surface area contributed by atoms with Gasteiger partial charge in [0.25, 0.3) is 0 Å². The molecule has 32 nitrogen and oxygen atoms in total. The summed E-state index contributed by atoms with van der Waals surface area (Å²) in [5, 5.41) is 65.9. The Bertz CT molecular complexity index is 2190. The van der Waals surface area contributed by atoms with Crippen LogP contribution in [0.2, 0.25) is 0 Å². The highest BCUT2D eigenvalue weighted by molar-refractivity contribution is 5.78. The zero-order valence-corrected chi connectivity index (χ0v) is 81.9. The molecule has 8 atom stereocenters. The second-order valence-electron chi connectivity index (χ2n) is 32.1. The third kappa shape index (κ3) is 98.4. The number of rotatable bonds is 44. The molecule has 120 heavy (non-hydrogen) atoms. The maximum atomic E-state index is 11.4. The summed E-state index contributed by atoms with van der Waals surface area (Å²) in [5.41, 5.74) is -1.36. The first-order valence-electron chi connectivity index (χ1n) is 42.5. The lowest BCUT2D eigenvalue weighted by molar-refractivity contribution is -0.155. The highest BCUT2D eigenvalue weighted by atomic mass is 16.6. The Morgan fingerprint density at radius 1 is 0.233 bits per heavy atom. The number of carboxylic acids is 4. The van der Waals surface area contributed by atoms with Crippen LogP contribution in [-0.2, 0) is 95.4 Å². The lowest BCUT2D eigenvalue weighted by Gasteiger charge is -2.20. The summed E-state index contributed by atoms with van der Waals surface area (Å²) in [6.45, 7) is 57.5. The molecular weight excluding hydrogens is 1560 g/mol. The van der Waals surface area contributed by atoms with Gasteiger partial charge in [-0.15, -0.1) is 0 Å². The van der Waals surface area contributed by atoms with Gasteiger partial charge in [-0.05, 0) is 189 Å². The minimum atomic E-state index is -0.706. The topological polar surface area (TPSA) is 453 Å². The molecule has 0 aromatic heterocycles. The van der Waals surface area contributed by atoms with Gasteiger partial charge in [-0.25, -0.2) is 0 Å². The molecule has 0 spiro atoms. The fourth-order valence-corrected chi connectivity index (χ4v) is 5.16. The average molecular weight is 1740 g/mol. The van der Waals surface area contributed by atoms with E-state index in [9.17, 15) is 57.5 Å². The zero-order chi connectivity index (χ0) is 97.3. The number of hydrogen-bond acceptors (Lipinski definition) is 28. The van der Waals surface area contributed by atoms with E-state index in [1.165, 1.54) is 0 Å². The van der Waals surface area contributed by atoms with Gasteiger partial charge >= 0.3 is 71.6 Å². The summed E-state index contributed by atoms with van der Waals surface area (Å²) in [6.07, 6.45) is 9.25. The van der Waals surface area contributed by atoms with Crippen LogP contribution in [0.25, 0.3) is 0 Å². The molecule has 0 radical (unpaired) electrons. The largest absolute Gasteiger partial charge is 0.481 e. The van der Waals surface area contributed by atoms with Crippen LogP contribution in [0.15, 0.2) is 0 Å². The Kier molecular flexibility index (Phi) is 103. The number of ether oxygens (including phenoxy) is 8. The van der Waals surface area contributed by atoms with Crippen LogP contribution in [0.1, 0.15) is 271 Å². The van der Waals surface area contributed by atoms with E-state index in [1.807, 2.05) is 214 Å². The predicted molar refractivity (Wildman–Crippen MR) is 473 cm³/mol. The lowest BCUT2D eigenvalue weighted by Crippen LogP contribution is -2.28. The summed E-state index contributed by atoms with van der Waals surface area (Å²) in [6, 6.07) is 0. The Labute approximate surface area is 726 Å². The molecule has 0 amide bonds. The molecule has 0 aliphatic rings. The summed E-state index contributed by atoms with van der Waals surface area (Å²) in [5.74, 6) is -5.05. The number of hydrogen-bond donors (Lipinski definition) is 8. The Morgan fingerprint density at radius 2 is 0.358 bits per heavy atom. The highest BCUT2D eigenvalue weighted by Crippen LogP contribution is 2.24. The van der Waals surface area contributed by atoms with E-state index in [0.29, 0.717) is 26.4 Å². The number of aliphatic carboxylic acids is 4. The number of aliphatic hydroxyl groups excluding tert-OH is 4. The lowest BCUT2D eigenvalue weighted by atomic mass is 9.91. The van der Waals surface area contributed by atoms with Crippen LogP contribution in [0, 0.1) is 69.0 Å². The van der Waals surface area contributed by atoms with Crippen molar-refractivity contribution in [2.75, 3.05) is 162 Å². The van der Waals surface area contributed by atoms with Crippen LogP contribution in [0.3, 0.4) is 0 Å². The predicted octanol–water partition coefficient (Wildman–Crippen LogP) is 12.8. The van der Waals surface area contributed by atoms with Crippen LogP contribution >= 0.6 is 0 Å². The molecule has 0 saturated carbocycles. The summed E-state index contributed by atoms with van der Waals surface area (Å²) in [4.78, 5) is 137. The molecule has 0 aromatic carbocycles. The molecule has 0 heterocycles. The molecule has 0 fully saturated rings. The molecule has 0 bridgehead atoms. The van der Waals surface area contributed by atoms with E-state index in [-0.39, 0.29) is 170 Å². The van der Waals surface area contributed by atoms with Gasteiger partial charge in [0, 0.05) is 26.2 Å². The summed E-state index contributed by atoms with van der Waals surface area (Å²) >= 11 is 0. The molecule has 8 unspecified atom stereocenters. The third-order valence-electron chi connectivity index (χ3n) is 18.4. The standard InChI is InChI=1S/4C10H21NO2.4C7H14O3.4C5H10O2/c4*1-6-10(2,3)9(12)13-8-7-11(4)5;4*1-3-6(2)7(9)10-5-4-8;4*1-3-4(2)5(6)7/h4*6-8H2,1-5H3;4*6,8H,3-5H2,1-2H3;4*4H,3H2,1-2H3,(H,6,7). The van der Waals surface area contributed by atoms with Crippen molar-refractivity contribution >= 4 is 71.6 Å². The van der Waals surface area contributed by atoms with Gasteiger partial charge < -0.3 is 98.3 Å². The van der Waals surface area contributed by atoms with E-state index in [2.05, 4.69) is 18.9 Å². The molecule has 0 aromatic rings. The van der Waals surface area contributed by atoms with Crippen molar-refractivity contribution in [2.45, 2.75) is 271 Å².